The Morgan fingerprint density at radius 3 is 2.17 bits per heavy atom. The Morgan fingerprint density at radius 1 is 1.33 bits per heavy atom. The van der Waals surface area contributed by atoms with Crippen molar-refractivity contribution in [3.05, 3.63) is 0 Å². The van der Waals surface area contributed by atoms with E-state index in [1.807, 2.05) is 13.8 Å². The fraction of sp³-hybridized carbons (Fsp3) is 0.900. The van der Waals surface area contributed by atoms with Gasteiger partial charge in [0, 0.05) is 12.5 Å². The first kappa shape index (κ1) is 11.6. The molecule has 0 aromatic rings. The first-order chi connectivity index (χ1) is 5.83. The van der Waals surface area contributed by atoms with Gasteiger partial charge in [0.15, 0.2) is 0 Å². The minimum Gasteiger partial charge on any atom is -0.384 e. The molecule has 2 heteroatoms. The molecule has 1 rings (SSSR count). The highest BCUT2D eigenvalue weighted by Gasteiger charge is 2.33. The van der Waals surface area contributed by atoms with E-state index in [0.29, 0.717) is 6.61 Å². The van der Waals surface area contributed by atoms with Gasteiger partial charge in [-0.3, -0.25) is 0 Å². The average Bonchev–Trinajstić information content (AvgIpc) is 2.58. The summed E-state index contributed by atoms with van der Waals surface area (Å²) in [5.74, 6) is 0. The molecule has 0 atom stereocenters. The molecule has 0 bridgehead atoms. The summed E-state index contributed by atoms with van der Waals surface area (Å²) in [6.45, 7) is 4.61. The van der Waals surface area contributed by atoms with Crippen molar-refractivity contribution in [3.8, 4) is 0 Å². The third-order valence-corrected chi connectivity index (χ3v) is 2.28. The predicted octanol–water partition coefficient (Wildman–Crippen LogP) is 2.42. The van der Waals surface area contributed by atoms with Gasteiger partial charge in [-0.2, -0.15) is 0 Å². The molecule has 0 unspecified atom stereocenters. The number of ether oxygens (including phenoxy) is 1. The second-order valence-corrected chi connectivity index (χ2v) is 3.12. The normalized spacial score (nSPS) is 19.6. The molecule has 2 nitrogen and oxygen atoms in total. The minimum atomic E-state index is -0.116. The van der Waals surface area contributed by atoms with Gasteiger partial charge < -0.3 is 9.53 Å². The van der Waals surface area contributed by atoms with E-state index in [9.17, 15) is 4.79 Å². The summed E-state index contributed by atoms with van der Waals surface area (Å²) in [7, 11) is 1.66. The number of hydrogen-bond donors (Lipinski definition) is 0. The van der Waals surface area contributed by atoms with E-state index in [2.05, 4.69) is 0 Å². The highest BCUT2D eigenvalue weighted by Crippen LogP contribution is 2.35. The van der Waals surface area contributed by atoms with Crippen molar-refractivity contribution in [2.75, 3.05) is 13.7 Å². The molecule has 1 fully saturated rings. The van der Waals surface area contributed by atoms with Gasteiger partial charge in [0.1, 0.15) is 6.29 Å². The molecule has 1 aliphatic carbocycles. The Morgan fingerprint density at radius 2 is 1.83 bits per heavy atom. The summed E-state index contributed by atoms with van der Waals surface area (Å²) < 4.78 is 4.99. The van der Waals surface area contributed by atoms with Crippen molar-refractivity contribution in [3.63, 3.8) is 0 Å². The molecule has 0 heterocycles. The second-order valence-electron chi connectivity index (χ2n) is 3.12. The monoisotopic (exact) mass is 172 g/mol. The van der Waals surface area contributed by atoms with Crippen LogP contribution in [0.5, 0.6) is 0 Å². The molecular weight excluding hydrogens is 152 g/mol. The zero-order valence-electron chi connectivity index (χ0n) is 8.43. The lowest BCUT2D eigenvalue weighted by Gasteiger charge is -2.19. The van der Waals surface area contributed by atoms with E-state index < -0.39 is 0 Å². The number of hydrogen-bond acceptors (Lipinski definition) is 2. The van der Waals surface area contributed by atoms with Crippen molar-refractivity contribution < 1.29 is 9.53 Å². The molecule has 0 aromatic heterocycles. The zero-order valence-corrected chi connectivity index (χ0v) is 8.43. The Kier molecular flexibility index (Phi) is 5.99. The lowest BCUT2D eigenvalue weighted by molar-refractivity contribution is -0.118. The summed E-state index contributed by atoms with van der Waals surface area (Å²) in [4.78, 5) is 10.6. The molecule has 0 aromatic carbocycles. The average molecular weight is 172 g/mol. The van der Waals surface area contributed by atoms with E-state index in [4.69, 9.17) is 4.74 Å². The van der Waals surface area contributed by atoms with Gasteiger partial charge >= 0.3 is 0 Å². The van der Waals surface area contributed by atoms with Gasteiger partial charge in [-0.25, -0.2) is 0 Å². The van der Waals surface area contributed by atoms with Crippen LogP contribution in [0, 0.1) is 5.41 Å². The number of aldehydes is 1. The lowest BCUT2D eigenvalue weighted by atomic mass is 9.89. The molecule has 0 amide bonds. The summed E-state index contributed by atoms with van der Waals surface area (Å²) in [5, 5.41) is 0. The Balaban J connectivity index is 0.000000561. The number of methoxy groups -OCH3 is 1. The molecule has 0 aliphatic heterocycles. The van der Waals surface area contributed by atoms with Crippen LogP contribution in [0.1, 0.15) is 39.5 Å². The quantitative estimate of drug-likeness (QED) is 0.611. The standard InChI is InChI=1S/C8H14O2.C2H6/c1-10-7-8(6-9)4-2-3-5-8;1-2/h6H,2-5,7H2,1H3;1-2H3. The van der Waals surface area contributed by atoms with Gasteiger partial charge in [0.25, 0.3) is 0 Å². The third-order valence-electron chi connectivity index (χ3n) is 2.28. The maximum Gasteiger partial charge on any atom is 0.128 e. The zero-order chi connectivity index (χ0) is 9.45. The van der Waals surface area contributed by atoms with Gasteiger partial charge in [-0.05, 0) is 12.8 Å². The van der Waals surface area contributed by atoms with Crippen LogP contribution in [0.15, 0.2) is 0 Å². The van der Waals surface area contributed by atoms with Crippen LogP contribution in [-0.2, 0) is 9.53 Å². The van der Waals surface area contributed by atoms with Crippen molar-refractivity contribution in [1.29, 1.82) is 0 Å². The molecule has 1 aliphatic rings. The van der Waals surface area contributed by atoms with Gasteiger partial charge in [0.2, 0.25) is 0 Å². The molecule has 72 valence electrons. The highest BCUT2D eigenvalue weighted by atomic mass is 16.5. The van der Waals surface area contributed by atoms with Gasteiger partial charge in [0.05, 0.1) is 6.61 Å². The van der Waals surface area contributed by atoms with Crippen molar-refractivity contribution in [1.82, 2.24) is 0 Å². The van der Waals surface area contributed by atoms with Crippen LogP contribution in [0.25, 0.3) is 0 Å². The highest BCUT2D eigenvalue weighted by molar-refractivity contribution is 5.60. The molecular formula is C10H20O2. The maximum atomic E-state index is 10.6. The second kappa shape index (κ2) is 6.18. The van der Waals surface area contributed by atoms with Crippen LogP contribution in [-0.4, -0.2) is 20.0 Å². The van der Waals surface area contributed by atoms with E-state index >= 15 is 0 Å². The van der Waals surface area contributed by atoms with Gasteiger partial charge in [-0.1, -0.05) is 26.7 Å². The molecule has 0 N–H and O–H groups in total. The summed E-state index contributed by atoms with van der Waals surface area (Å²) >= 11 is 0. The first-order valence-corrected chi connectivity index (χ1v) is 4.78. The molecule has 0 radical (unpaired) electrons. The first-order valence-electron chi connectivity index (χ1n) is 4.78. The van der Waals surface area contributed by atoms with Crippen molar-refractivity contribution in [2.24, 2.45) is 5.41 Å². The molecule has 0 spiro atoms. The fourth-order valence-electron chi connectivity index (χ4n) is 1.66. The largest absolute Gasteiger partial charge is 0.384 e. The maximum absolute atomic E-state index is 10.6. The Hall–Kier alpha value is -0.370. The van der Waals surface area contributed by atoms with Gasteiger partial charge in [-0.15, -0.1) is 0 Å². The number of rotatable bonds is 3. The SMILES string of the molecule is CC.COCC1(C=O)CCCC1. The molecule has 12 heavy (non-hydrogen) atoms. The van der Waals surface area contributed by atoms with Crippen molar-refractivity contribution >= 4 is 6.29 Å². The topological polar surface area (TPSA) is 26.3 Å². The van der Waals surface area contributed by atoms with E-state index in [1.54, 1.807) is 7.11 Å². The summed E-state index contributed by atoms with van der Waals surface area (Å²) in [6.07, 6.45) is 5.47. The molecule has 1 saturated carbocycles. The minimum absolute atomic E-state index is 0.116. The van der Waals surface area contributed by atoms with Crippen LogP contribution < -0.4 is 0 Å². The van der Waals surface area contributed by atoms with Crippen LogP contribution in [0.4, 0.5) is 0 Å². The fourth-order valence-corrected chi connectivity index (χ4v) is 1.66. The van der Waals surface area contributed by atoms with Crippen LogP contribution >= 0.6 is 0 Å². The van der Waals surface area contributed by atoms with Crippen LogP contribution in [0.2, 0.25) is 0 Å². The smallest absolute Gasteiger partial charge is 0.128 e. The van der Waals surface area contributed by atoms with Crippen LogP contribution in [0.3, 0.4) is 0 Å². The van der Waals surface area contributed by atoms with Crippen molar-refractivity contribution in [2.45, 2.75) is 39.5 Å². The number of carbonyl (C=O) groups is 1. The number of carbonyl (C=O) groups excluding carboxylic acids is 1. The summed E-state index contributed by atoms with van der Waals surface area (Å²) in [5.41, 5.74) is -0.116. The molecule has 0 saturated heterocycles. The third kappa shape index (κ3) is 2.94. The summed E-state index contributed by atoms with van der Waals surface area (Å²) in [6, 6.07) is 0. The predicted molar refractivity (Wildman–Crippen MR) is 50.2 cm³/mol. The Labute approximate surface area is 75.3 Å². The van der Waals surface area contributed by atoms with E-state index in [-0.39, 0.29) is 5.41 Å². The van der Waals surface area contributed by atoms with E-state index in [0.717, 1.165) is 19.1 Å². The van der Waals surface area contributed by atoms with E-state index in [1.165, 1.54) is 12.8 Å². The Bertz CT molecular complexity index is 115. The lowest BCUT2D eigenvalue weighted by Crippen LogP contribution is -2.24.